The summed E-state index contributed by atoms with van der Waals surface area (Å²) in [6.45, 7) is 4.66. The average Bonchev–Trinajstić information content (AvgIpc) is 2.93. The molecule has 0 aliphatic carbocycles. The van der Waals surface area contributed by atoms with Gasteiger partial charge in [-0.05, 0) is 24.1 Å². The van der Waals surface area contributed by atoms with Crippen LogP contribution in [0.3, 0.4) is 0 Å². The minimum atomic E-state index is 0.0588. The lowest BCUT2D eigenvalue weighted by Crippen LogP contribution is -2.49. The van der Waals surface area contributed by atoms with Gasteiger partial charge in [0.25, 0.3) is 5.91 Å². The predicted molar refractivity (Wildman–Crippen MR) is 142 cm³/mol. The van der Waals surface area contributed by atoms with Crippen molar-refractivity contribution in [2.45, 2.75) is 6.92 Å². The molecule has 0 radical (unpaired) electrons. The van der Waals surface area contributed by atoms with E-state index in [1.54, 1.807) is 0 Å². The third kappa shape index (κ3) is 5.30. The standard InChI is InChI=1S/C30H28N4O/c1-23-31-28(26-15-9-4-10-16-26)22-29(32-23)33-17-19-34(20-18-33)30(35)27(25-13-7-3-8-14-25)21-24-11-5-2-6-12-24/h2-16,21-22H,17-20H2,1H3/b27-21-. The van der Waals surface area contributed by atoms with Gasteiger partial charge in [0.1, 0.15) is 11.6 Å². The predicted octanol–water partition coefficient (Wildman–Crippen LogP) is 5.34. The SMILES string of the molecule is Cc1nc(-c2ccccc2)cc(N2CCN(C(=O)/C(=C\c3ccccc3)c3ccccc3)CC2)n1. The first kappa shape index (κ1) is 22.5. The van der Waals surface area contributed by atoms with Crippen LogP contribution in [0.5, 0.6) is 0 Å². The minimum absolute atomic E-state index is 0.0588. The van der Waals surface area contributed by atoms with Crippen LogP contribution < -0.4 is 4.90 Å². The molecule has 1 saturated heterocycles. The van der Waals surface area contributed by atoms with Crippen molar-refractivity contribution in [3.63, 3.8) is 0 Å². The number of aryl methyl sites for hydroxylation is 1. The van der Waals surface area contributed by atoms with Gasteiger partial charge in [-0.3, -0.25) is 4.79 Å². The highest BCUT2D eigenvalue weighted by Crippen LogP contribution is 2.25. The number of aromatic nitrogens is 2. The van der Waals surface area contributed by atoms with Crippen LogP contribution in [0.1, 0.15) is 17.0 Å². The first-order chi connectivity index (χ1) is 17.2. The van der Waals surface area contributed by atoms with Gasteiger partial charge in [-0.15, -0.1) is 0 Å². The van der Waals surface area contributed by atoms with Gasteiger partial charge in [-0.2, -0.15) is 0 Å². The molecule has 1 amide bonds. The second kappa shape index (κ2) is 10.3. The van der Waals surface area contributed by atoms with Crippen molar-refractivity contribution in [3.8, 4) is 11.3 Å². The maximum Gasteiger partial charge on any atom is 0.254 e. The molecular formula is C30H28N4O. The van der Waals surface area contributed by atoms with Gasteiger partial charge in [0.05, 0.1) is 5.69 Å². The van der Waals surface area contributed by atoms with Crippen LogP contribution in [0.2, 0.25) is 0 Å². The van der Waals surface area contributed by atoms with Crippen molar-refractivity contribution >= 4 is 23.4 Å². The number of anilines is 1. The van der Waals surface area contributed by atoms with Crippen molar-refractivity contribution in [3.05, 3.63) is 114 Å². The molecule has 4 aromatic rings. The largest absolute Gasteiger partial charge is 0.353 e. The van der Waals surface area contributed by atoms with E-state index in [-0.39, 0.29) is 5.91 Å². The minimum Gasteiger partial charge on any atom is -0.353 e. The van der Waals surface area contributed by atoms with Gasteiger partial charge in [0.15, 0.2) is 0 Å². The topological polar surface area (TPSA) is 49.3 Å². The number of amides is 1. The molecule has 1 aliphatic rings. The van der Waals surface area contributed by atoms with E-state index in [9.17, 15) is 4.79 Å². The normalized spacial score (nSPS) is 14.1. The Morgan fingerprint density at radius 2 is 1.37 bits per heavy atom. The van der Waals surface area contributed by atoms with Crippen LogP contribution in [0.25, 0.3) is 22.9 Å². The summed E-state index contributed by atoms with van der Waals surface area (Å²) in [4.78, 5) is 27.2. The van der Waals surface area contributed by atoms with Crippen LogP contribution in [-0.4, -0.2) is 47.0 Å². The van der Waals surface area contributed by atoms with Crippen molar-refractivity contribution in [2.75, 3.05) is 31.1 Å². The van der Waals surface area contributed by atoms with Gasteiger partial charge < -0.3 is 9.80 Å². The number of hydrogen-bond acceptors (Lipinski definition) is 4. The fourth-order valence-corrected chi connectivity index (χ4v) is 4.38. The number of hydrogen-bond donors (Lipinski definition) is 0. The number of rotatable bonds is 5. The zero-order chi connectivity index (χ0) is 24.0. The molecule has 0 unspecified atom stereocenters. The van der Waals surface area contributed by atoms with Gasteiger partial charge in [-0.25, -0.2) is 9.97 Å². The summed E-state index contributed by atoms with van der Waals surface area (Å²) in [7, 11) is 0. The third-order valence-corrected chi connectivity index (χ3v) is 6.21. The van der Waals surface area contributed by atoms with Gasteiger partial charge >= 0.3 is 0 Å². The number of carbonyl (C=O) groups excluding carboxylic acids is 1. The Morgan fingerprint density at radius 1 is 0.771 bits per heavy atom. The Hall–Kier alpha value is -4.25. The molecule has 5 heteroatoms. The molecular weight excluding hydrogens is 432 g/mol. The van der Waals surface area contributed by atoms with Crippen molar-refractivity contribution < 1.29 is 4.79 Å². The summed E-state index contributed by atoms with van der Waals surface area (Å²) in [5, 5.41) is 0. The molecule has 1 aromatic heterocycles. The number of piperazine rings is 1. The zero-order valence-corrected chi connectivity index (χ0v) is 19.8. The summed E-state index contributed by atoms with van der Waals surface area (Å²) >= 11 is 0. The van der Waals surface area contributed by atoms with Crippen LogP contribution in [-0.2, 0) is 4.79 Å². The quantitative estimate of drug-likeness (QED) is 0.298. The second-order valence-corrected chi connectivity index (χ2v) is 8.64. The van der Waals surface area contributed by atoms with E-state index < -0.39 is 0 Å². The van der Waals surface area contributed by atoms with Crippen molar-refractivity contribution in [1.82, 2.24) is 14.9 Å². The molecule has 0 N–H and O–H groups in total. The number of carbonyl (C=O) groups is 1. The monoisotopic (exact) mass is 460 g/mol. The average molecular weight is 461 g/mol. The Morgan fingerprint density at radius 3 is 2.03 bits per heavy atom. The second-order valence-electron chi connectivity index (χ2n) is 8.64. The summed E-state index contributed by atoms with van der Waals surface area (Å²) in [5.74, 6) is 1.71. The molecule has 5 nitrogen and oxygen atoms in total. The molecule has 0 atom stereocenters. The smallest absolute Gasteiger partial charge is 0.254 e. The molecule has 1 fully saturated rings. The maximum absolute atomic E-state index is 13.7. The van der Waals surface area contributed by atoms with E-state index in [0.717, 1.165) is 52.7 Å². The molecule has 1 aliphatic heterocycles. The molecule has 174 valence electrons. The molecule has 35 heavy (non-hydrogen) atoms. The lowest BCUT2D eigenvalue weighted by molar-refractivity contribution is -0.125. The van der Waals surface area contributed by atoms with Crippen LogP contribution >= 0.6 is 0 Å². The van der Waals surface area contributed by atoms with E-state index in [2.05, 4.69) is 22.0 Å². The van der Waals surface area contributed by atoms with E-state index >= 15 is 0 Å². The molecule has 2 heterocycles. The first-order valence-electron chi connectivity index (χ1n) is 11.9. The van der Waals surface area contributed by atoms with Gasteiger partial charge in [-0.1, -0.05) is 91.0 Å². The highest BCUT2D eigenvalue weighted by atomic mass is 16.2. The van der Waals surface area contributed by atoms with Crippen molar-refractivity contribution in [2.24, 2.45) is 0 Å². The summed E-state index contributed by atoms with van der Waals surface area (Å²) in [5.41, 5.74) is 4.66. The first-order valence-corrected chi connectivity index (χ1v) is 11.9. The van der Waals surface area contributed by atoms with Crippen molar-refractivity contribution in [1.29, 1.82) is 0 Å². The van der Waals surface area contributed by atoms with Gasteiger partial charge in [0, 0.05) is 43.4 Å². The van der Waals surface area contributed by atoms with Crippen LogP contribution in [0, 0.1) is 6.92 Å². The Labute approximate surface area is 206 Å². The zero-order valence-electron chi connectivity index (χ0n) is 19.8. The Balaban J connectivity index is 1.35. The number of benzene rings is 3. The summed E-state index contributed by atoms with van der Waals surface area (Å²) in [6, 6.07) is 32.1. The lowest BCUT2D eigenvalue weighted by atomic mass is 10.0. The highest BCUT2D eigenvalue weighted by molar-refractivity contribution is 6.24. The van der Waals surface area contributed by atoms with E-state index in [0.29, 0.717) is 13.1 Å². The Bertz CT molecular complexity index is 1310. The maximum atomic E-state index is 13.7. The fourth-order valence-electron chi connectivity index (χ4n) is 4.38. The fraction of sp³-hybridized carbons (Fsp3) is 0.167. The Kier molecular flexibility index (Phi) is 6.66. The molecule has 0 spiro atoms. The number of nitrogens with zero attached hydrogens (tertiary/aromatic N) is 4. The molecule has 3 aromatic carbocycles. The van der Waals surface area contributed by atoms with E-state index in [4.69, 9.17) is 4.98 Å². The van der Waals surface area contributed by atoms with Gasteiger partial charge in [0.2, 0.25) is 0 Å². The van der Waals surface area contributed by atoms with E-state index in [1.165, 1.54) is 0 Å². The third-order valence-electron chi connectivity index (χ3n) is 6.21. The van der Waals surface area contributed by atoms with Crippen LogP contribution in [0.15, 0.2) is 97.1 Å². The lowest BCUT2D eigenvalue weighted by Gasteiger charge is -2.36. The van der Waals surface area contributed by atoms with Crippen LogP contribution in [0.4, 0.5) is 5.82 Å². The van der Waals surface area contributed by atoms with E-state index in [1.807, 2.05) is 103 Å². The molecule has 0 bridgehead atoms. The highest BCUT2D eigenvalue weighted by Gasteiger charge is 2.25. The summed E-state index contributed by atoms with van der Waals surface area (Å²) in [6.07, 6.45) is 1.99. The summed E-state index contributed by atoms with van der Waals surface area (Å²) < 4.78 is 0. The molecule has 5 rings (SSSR count). The molecule has 0 saturated carbocycles.